The van der Waals surface area contributed by atoms with Crippen LogP contribution in [0.2, 0.25) is 0 Å². The topological polar surface area (TPSA) is 0 Å². The third kappa shape index (κ3) is 8.34. The van der Waals surface area contributed by atoms with Crippen LogP contribution in [0.25, 0.3) is 0 Å². The largest absolute Gasteiger partial charge is 0.0990 e. The second-order valence-electron chi connectivity index (χ2n) is 7.49. The molecule has 0 amide bonds. The van der Waals surface area contributed by atoms with Gasteiger partial charge in [0.05, 0.1) is 0 Å². The fraction of sp³-hybridized carbons (Fsp3) is 0.500. The zero-order chi connectivity index (χ0) is 18.8. The maximum absolute atomic E-state index is 4.21. The van der Waals surface area contributed by atoms with Gasteiger partial charge in [0, 0.05) is 0 Å². The summed E-state index contributed by atoms with van der Waals surface area (Å²) in [7, 11) is 0. The Hall–Kier alpha value is -1.56. The Kier molecular flexibility index (Phi) is 10.4. The fourth-order valence-electron chi connectivity index (χ4n) is 2.92. The molecule has 0 spiro atoms. The molecule has 0 aromatic heterocycles. The van der Waals surface area contributed by atoms with Crippen LogP contribution in [-0.4, -0.2) is 0 Å². The van der Waals surface area contributed by atoms with Crippen molar-refractivity contribution in [2.24, 2.45) is 5.41 Å². The van der Waals surface area contributed by atoms with E-state index in [0.717, 1.165) is 11.1 Å². The summed E-state index contributed by atoms with van der Waals surface area (Å²) in [6.45, 7) is 23.7. The smallest absolute Gasteiger partial charge is 0.0191 e. The van der Waals surface area contributed by atoms with Gasteiger partial charge in [0.25, 0.3) is 0 Å². The van der Waals surface area contributed by atoms with E-state index in [1.54, 1.807) is 0 Å². The van der Waals surface area contributed by atoms with Crippen molar-refractivity contribution in [3.8, 4) is 0 Å². The van der Waals surface area contributed by atoms with E-state index in [1.165, 1.54) is 42.4 Å². The van der Waals surface area contributed by atoms with Crippen molar-refractivity contribution in [2.75, 3.05) is 0 Å². The van der Waals surface area contributed by atoms with Crippen LogP contribution in [0, 0.1) is 5.41 Å². The number of allylic oxidation sites excluding steroid dienone is 10. The van der Waals surface area contributed by atoms with E-state index in [9.17, 15) is 0 Å². The summed E-state index contributed by atoms with van der Waals surface area (Å²) < 4.78 is 0. The molecule has 0 aliphatic rings. The Balaban J connectivity index is 5.24. The van der Waals surface area contributed by atoms with Gasteiger partial charge in [0.15, 0.2) is 0 Å². The van der Waals surface area contributed by atoms with Crippen LogP contribution in [0.3, 0.4) is 0 Å². The Morgan fingerprint density at radius 2 is 1.67 bits per heavy atom. The van der Waals surface area contributed by atoms with Gasteiger partial charge in [-0.1, -0.05) is 93.9 Å². The predicted molar refractivity (Wildman–Crippen MR) is 112 cm³/mol. The minimum Gasteiger partial charge on any atom is -0.0990 e. The van der Waals surface area contributed by atoms with Crippen LogP contribution in [-0.2, 0) is 0 Å². The van der Waals surface area contributed by atoms with E-state index in [0.29, 0.717) is 5.41 Å². The first kappa shape index (κ1) is 22.4. The lowest BCUT2D eigenvalue weighted by molar-refractivity contribution is 0.278. The molecule has 0 aromatic carbocycles. The summed E-state index contributed by atoms with van der Waals surface area (Å²) in [5.41, 5.74) is 6.65. The van der Waals surface area contributed by atoms with Crippen LogP contribution >= 0.6 is 0 Å². The van der Waals surface area contributed by atoms with E-state index in [-0.39, 0.29) is 0 Å². The highest BCUT2D eigenvalue weighted by Crippen LogP contribution is 2.35. The van der Waals surface area contributed by atoms with Crippen molar-refractivity contribution in [3.05, 3.63) is 71.4 Å². The molecular formula is C24H38. The number of hydrogen-bond acceptors (Lipinski definition) is 0. The van der Waals surface area contributed by atoms with Gasteiger partial charge in [-0.15, -0.1) is 0 Å². The van der Waals surface area contributed by atoms with E-state index in [1.807, 2.05) is 12.2 Å². The fourth-order valence-corrected chi connectivity index (χ4v) is 2.92. The summed E-state index contributed by atoms with van der Waals surface area (Å²) in [5.74, 6) is 0. The quantitative estimate of drug-likeness (QED) is 0.355. The zero-order valence-electron chi connectivity index (χ0n) is 17.1. The van der Waals surface area contributed by atoms with Crippen LogP contribution in [0.5, 0.6) is 0 Å². The van der Waals surface area contributed by atoms with Gasteiger partial charge in [-0.3, -0.25) is 0 Å². The summed E-state index contributed by atoms with van der Waals surface area (Å²) in [5, 5.41) is 0. The zero-order valence-corrected chi connectivity index (χ0v) is 17.1. The maximum Gasteiger partial charge on any atom is -0.0191 e. The second-order valence-corrected chi connectivity index (χ2v) is 7.49. The molecule has 0 bridgehead atoms. The molecule has 0 saturated carbocycles. The molecule has 0 radical (unpaired) electrons. The molecule has 0 heterocycles. The van der Waals surface area contributed by atoms with Gasteiger partial charge >= 0.3 is 0 Å². The first-order valence-corrected chi connectivity index (χ1v) is 9.20. The van der Waals surface area contributed by atoms with Gasteiger partial charge in [-0.25, -0.2) is 0 Å². The molecule has 0 fully saturated rings. The molecular weight excluding hydrogens is 288 g/mol. The van der Waals surface area contributed by atoms with Crippen molar-refractivity contribution in [1.29, 1.82) is 0 Å². The van der Waals surface area contributed by atoms with Crippen molar-refractivity contribution in [3.63, 3.8) is 0 Å². The summed E-state index contributed by atoms with van der Waals surface area (Å²) in [4.78, 5) is 0. The first-order chi connectivity index (χ1) is 11.2. The van der Waals surface area contributed by atoms with Crippen LogP contribution in [0.15, 0.2) is 71.4 Å². The lowest BCUT2D eigenvalue weighted by Gasteiger charge is -2.29. The maximum atomic E-state index is 4.21. The predicted octanol–water partition coefficient (Wildman–Crippen LogP) is 8.12. The van der Waals surface area contributed by atoms with Gasteiger partial charge < -0.3 is 0 Å². The third-order valence-electron chi connectivity index (χ3n) is 4.72. The Labute approximate surface area is 151 Å². The highest BCUT2D eigenvalue weighted by atomic mass is 14.3. The molecule has 0 aliphatic carbocycles. The highest BCUT2D eigenvalue weighted by Gasteiger charge is 2.21. The van der Waals surface area contributed by atoms with Gasteiger partial charge in [-0.05, 0) is 57.1 Å². The monoisotopic (exact) mass is 326 g/mol. The lowest BCUT2D eigenvalue weighted by atomic mass is 9.77. The molecule has 0 N–H and O–H groups in total. The third-order valence-corrected chi connectivity index (χ3v) is 4.72. The highest BCUT2D eigenvalue weighted by molar-refractivity contribution is 5.48. The van der Waals surface area contributed by atoms with E-state index in [2.05, 4.69) is 79.9 Å². The average molecular weight is 327 g/mol. The Bertz CT molecular complexity index is 545. The lowest BCUT2D eigenvalue weighted by Crippen LogP contribution is -2.15. The molecule has 1 unspecified atom stereocenters. The minimum atomic E-state index is 0.418. The molecule has 0 aliphatic heterocycles. The minimum absolute atomic E-state index is 0.418. The molecule has 0 saturated heterocycles. The molecule has 1 atom stereocenters. The molecule has 134 valence electrons. The van der Waals surface area contributed by atoms with Crippen molar-refractivity contribution >= 4 is 0 Å². The second kappa shape index (κ2) is 11.1. The van der Waals surface area contributed by atoms with E-state index < -0.39 is 0 Å². The molecule has 0 aromatic rings. The summed E-state index contributed by atoms with van der Waals surface area (Å²) in [6, 6.07) is 0. The SMILES string of the molecule is C=C/C=C(\C=C(C)C)C(=C)/C=C\C(C)=C(/C)CC(C)(CC)CCC. The van der Waals surface area contributed by atoms with Gasteiger partial charge in [-0.2, -0.15) is 0 Å². The van der Waals surface area contributed by atoms with Gasteiger partial charge in [0.2, 0.25) is 0 Å². The van der Waals surface area contributed by atoms with Crippen LogP contribution in [0.4, 0.5) is 0 Å². The number of rotatable bonds is 10. The Morgan fingerprint density at radius 3 is 2.12 bits per heavy atom. The van der Waals surface area contributed by atoms with E-state index in [4.69, 9.17) is 0 Å². The van der Waals surface area contributed by atoms with Crippen molar-refractivity contribution in [2.45, 2.75) is 74.1 Å². The standard InChI is InChI=1S/C24H38/c1-10-13-23(17-19(4)5)21(7)15-14-20(6)22(8)18-24(9,12-3)16-11-2/h10,13-15,17H,1,7,11-12,16,18H2,2-6,8-9H3/b15-14-,22-20+,23-13+. The van der Waals surface area contributed by atoms with E-state index >= 15 is 0 Å². The number of hydrogen-bond donors (Lipinski definition) is 0. The van der Waals surface area contributed by atoms with Crippen molar-refractivity contribution in [1.82, 2.24) is 0 Å². The summed E-state index contributed by atoms with van der Waals surface area (Å²) >= 11 is 0. The molecule has 0 nitrogen and oxygen atoms in total. The van der Waals surface area contributed by atoms with Crippen LogP contribution < -0.4 is 0 Å². The van der Waals surface area contributed by atoms with Crippen molar-refractivity contribution < 1.29 is 0 Å². The normalized spacial score (nSPS) is 15.7. The summed E-state index contributed by atoms with van der Waals surface area (Å²) in [6.07, 6.45) is 15.2. The van der Waals surface area contributed by atoms with Gasteiger partial charge in [0.1, 0.15) is 0 Å². The average Bonchev–Trinajstić information content (AvgIpc) is 2.51. The first-order valence-electron chi connectivity index (χ1n) is 9.20. The molecule has 0 rings (SSSR count). The molecule has 0 heteroatoms. The van der Waals surface area contributed by atoms with Crippen LogP contribution in [0.1, 0.15) is 74.1 Å². The Morgan fingerprint density at radius 1 is 1.04 bits per heavy atom. The molecule has 24 heavy (non-hydrogen) atoms.